The highest BCUT2D eigenvalue weighted by Gasteiger charge is 2.35. The highest BCUT2D eigenvalue weighted by Crippen LogP contribution is 2.29. The molecule has 2 aliphatic rings. The Bertz CT molecular complexity index is 582. The number of amides is 2. The smallest absolute Gasteiger partial charge is 0.376 e. The van der Waals surface area contributed by atoms with Gasteiger partial charge in [-0.05, 0) is 32.3 Å². The second-order valence-electron chi connectivity index (χ2n) is 6.32. The van der Waals surface area contributed by atoms with Crippen LogP contribution in [0.1, 0.15) is 37.9 Å². The predicted molar refractivity (Wildman–Crippen MR) is 79.4 cm³/mol. The quantitative estimate of drug-likeness (QED) is 0.895. The number of likely N-dealkylation sites (tertiary alicyclic amines) is 1. The Morgan fingerprint density at radius 2 is 2.04 bits per heavy atom. The van der Waals surface area contributed by atoms with E-state index in [2.05, 4.69) is 10.4 Å². The molecular formula is C15H21F3N4O2. The van der Waals surface area contributed by atoms with Crippen LogP contribution < -0.4 is 5.32 Å². The van der Waals surface area contributed by atoms with E-state index in [4.69, 9.17) is 4.74 Å². The van der Waals surface area contributed by atoms with Crippen molar-refractivity contribution in [3.05, 3.63) is 18.0 Å². The van der Waals surface area contributed by atoms with Crippen molar-refractivity contribution in [3.8, 4) is 0 Å². The van der Waals surface area contributed by atoms with Gasteiger partial charge in [0.1, 0.15) is 0 Å². The Morgan fingerprint density at radius 3 is 2.58 bits per heavy atom. The maximum atomic E-state index is 12.6. The van der Waals surface area contributed by atoms with Gasteiger partial charge in [-0.3, -0.25) is 4.68 Å². The topological polar surface area (TPSA) is 59.4 Å². The molecule has 1 aromatic heterocycles. The lowest BCUT2D eigenvalue weighted by Gasteiger charge is -2.33. The van der Waals surface area contributed by atoms with Crippen LogP contribution in [0.25, 0.3) is 0 Å². The molecule has 0 unspecified atom stereocenters. The number of rotatable bonds is 2. The van der Waals surface area contributed by atoms with Crippen molar-refractivity contribution in [2.75, 3.05) is 19.7 Å². The van der Waals surface area contributed by atoms with Crippen molar-refractivity contribution in [3.63, 3.8) is 0 Å². The van der Waals surface area contributed by atoms with Gasteiger partial charge in [0.2, 0.25) is 0 Å². The molecule has 9 heteroatoms. The van der Waals surface area contributed by atoms with Crippen LogP contribution in [0.4, 0.5) is 18.0 Å². The number of urea groups is 1. The van der Waals surface area contributed by atoms with E-state index in [0.29, 0.717) is 32.5 Å². The third-order valence-corrected chi connectivity index (χ3v) is 4.71. The van der Waals surface area contributed by atoms with Gasteiger partial charge in [-0.15, -0.1) is 0 Å². The van der Waals surface area contributed by atoms with E-state index in [-0.39, 0.29) is 24.2 Å². The van der Waals surface area contributed by atoms with Crippen molar-refractivity contribution >= 4 is 6.03 Å². The molecule has 134 valence electrons. The van der Waals surface area contributed by atoms with E-state index in [1.807, 2.05) is 6.92 Å². The van der Waals surface area contributed by atoms with Crippen LogP contribution >= 0.6 is 0 Å². The number of carbonyl (C=O) groups is 1. The number of piperidine rings is 1. The number of hydrogen-bond donors (Lipinski definition) is 1. The first kappa shape index (κ1) is 17.1. The summed E-state index contributed by atoms with van der Waals surface area (Å²) in [6, 6.07) is 0.766. The zero-order chi connectivity index (χ0) is 17.3. The predicted octanol–water partition coefficient (Wildman–Crippen LogP) is 2.43. The maximum Gasteiger partial charge on any atom is 0.435 e. The molecule has 3 rings (SSSR count). The maximum absolute atomic E-state index is 12.6. The van der Waals surface area contributed by atoms with E-state index in [0.717, 1.165) is 12.5 Å². The third-order valence-electron chi connectivity index (χ3n) is 4.71. The standard InChI is InChI=1S/C15H21F3N4O2/c1-10-12(5-9-24-10)19-14(23)21-6-2-11(3-7-21)22-8-4-13(20-22)15(16,17)18/h4,8,10-12H,2-3,5-7,9H2,1H3,(H,19,23)/t10-,12+/m1/s1. The van der Waals surface area contributed by atoms with Crippen molar-refractivity contribution in [1.82, 2.24) is 20.0 Å². The van der Waals surface area contributed by atoms with Crippen LogP contribution in [0.3, 0.4) is 0 Å². The monoisotopic (exact) mass is 346 g/mol. The number of aromatic nitrogens is 2. The Kier molecular flexibility index (Phi) is 4.71. The molecule has 0 saturated carbocycles. The Labute approximate surface area is 137 Å². The van der Waals surface area contributed by atoms with Gasteiger partial charge in [0.05, 0.1) is 18.2 Å². The van der Waals surface area contributed by atoms with Gasteiger partial charge in [-0.2, -0.15) is 18.3 Å². The first-order valence-corrected chi connectivity index (χ1v) is 8.14. The summed E-state index contributed by atoms with van der Waals surface area (Å²) in [6.45, 7) is 3.58. The van der Waals surface area contributed by atoms with Gasteiger partial charge in [-0.25, -0.2) is 4.79 Å². The van der Waals surface area contributed by atoms with E-state index in [1.165, 1.54) is 10.9 Å². The number of alkyl halides is 3. The molecule has 0 bridgehead atoms. The molecular weight excluding hydrogens is 325 g/mol. The fourth-order valence-corrected chi connectivity index (χ4v) is 3.20. The second kappa shape index (κ2) is 6.62. The zero-order valence-corrected chi connectivity index (χ0v) is 13.4. The first-order valence-electron chi connectivity index (χ1n) is 8.14. The molecule has 2 atom stereocenters. The molecule has 1 aromatic rings. The molecule has 0 aliphatic carbocycles. The lowest BCUT2D eigenvalue weighted by atomic mass is 10.1. The fourth-order valence-electron chi connectivity index (χ4n) is 3.20. The fraction of sp³-hybridized carbons (Fsp3) is 0.733. The lowest BCUT2D eigenvalue weighted by molar-refractivity contribution is -0.141. The van der Waals surface area contributed by atoms with Crippen molar-refractivity contribution in [1.29, 1.82) is 0 Å². The van der Waals surface area contributed by atoms with Crippen LogP contribution in [-0.4, -0.2) is 52.6 Å². The summed E-state index contributed by atoms with van der Waals surface area (Å²) in [4.78, 5) is 14.0. The SMILES string of the molecule is C[C@H]1OCC[C@@H]1NC(=O)N1CCC(n2ccc(C(F)(F)F)n2)CC1. The number of nitrogens with zero attached hydrogens (tertiary/aromatic N) is 3. The molecule has 2 saturated heterocycles. The highest BCUT2D eigenvalue weighted by atomic mass is 19.4. The van der Waals surface area contributed by atoms with Crippen molar-refractivity contribution < 1.29 is 22.7 Å². The molecule has 1 N–H and O–H groups in total. The highest BCUT2D eigenvalue weighted by molar-refractivity contribution is 5.74. The molecule has 3 heterocycles. The molecule has 2 amide bonds. The minimum atomic E-state index is -4.42. The number of halogens is 3. The lowest BCUT2D eigenvalue weighted by Crippen LogP contribution is -2.49. The zero-order valence-electron chi connectivity index (χ0n) is 13.4. The number of hydrogen-bond acceptors (Lipinski definition) is 3. The summed E-state index contributed by atoms with van der Waals surface area (Å²) in [5.41, 5.74) is -0.877. The van der Waals surface area contributed by atoms with E-state index in [9.17, 15) is 18.0 Å². The molecule has 2 fully saturated rings. The largest absolute Gasteiger partial charge is 0.435 e. The van der Waals surface area contributed by atoms with Crippen molar-refractivity contribution in [2.24, 2.45) is 0 Å². The molecule has 2 aliphatic heterocycles. The van der Waals surface area contributed by atoms with Crippen LogP contribution in [0.5, 0.6) is 0 Å². The van der Waals surface area contributed by atoms with Crippen LogP contribution in [-0.2, 0) is 10.9 Å². The Balaban J connectivity index is 1.52. The van der Waals surface area contributed by atoms with Gasteiger partial charge in [-0.1, -0.05) is 0 Å². The van der Waals surface area contributed by atoms with E-state index in [1.54, 1.807) is 4.90 Å². The average molecular weight is 346 g/mol. The van der Waals surface area contributed by atoms with Crippen molar-refractivity contribution in [2.45, 2.75) is 50.6 Å². The second-order valence-corrected chi connectivity index (χ2v) is 6.32. The van der Waals surface area contributed by atoms with E-state index < -0.39 is 11.9 Å². The third kappa shape index (κ3) is 3.66. The van der Waals surface area contributed by atoms with Gasteiger partial charge < -0.3 is 15.0 Å². The summed E-state index contributed by atoms with van der Waals surface area (Å²) in [7, 11) is 0. The number of carbonyl (C=O) groups excluding carboxylic acids is 1. The van der Waals surface area contributed by atoms with Crippen LogP contribution in [0, 0.1) is 0 Å². The average Bonchev–Trinajstić information content (AvgIpc) is 3.17. The van der Waals surface area contributed by atoms with E-state index >= 15 is 0 Å². The minimum Gasteiger partial charge on any atom is -0.376 e. The molecule has 0 spiro atoms. The summed E-state index contributed by atoms with van der Waals surface area (Å²) in [5, 5.41) is 6.59. The molecule has 24 heavy (non-hydrogen) atoms. The molecule has 6 nitrogen and oxygen atoms in total. The summed E-state index contributed by atoms with van der Waals surface area (Å²) >= 11 is 0. The summed E-state index contributed by atoms with van der Waals surface area (Å²) in [6.07, 6.45) is -1.08. The normalized spacial score (nSPS) is 25.9. The summed E-state index contributed by atoms with van der Waals surface area (Å²) in [5.74, 6) is 0. The minimum absolute atomic E-state index is 0.0105. The number of ether oxygens (including phenoxy) is 1. The van der Waals surface area contributed by atoms with Gasteiger partial charge in [0.15, 0.2) is 5.69 Å². The molecule has 0 radical (unpaired) electrons. The van der Waals surface area contributed by atoms with Crippen LogP contribution in [0.2, 0.25) is 0 Å². The van der Waals surface area contributed by atoms with Gasteiger partial charge in [0, 0.05) is 25.9 Å². The van der Waals surface area contributed by atoms with Gasteiger partial charge in [0.25, 0.3) is 0 Å². The Hall–Kier alpha value is -1.77. The molecule has 0 aromatic carbocycles. The van der Waals surface area contributed by atoms with Gasteiger partial charge >= 0.3 is 12.2 Å². The Morgan fingerprint density at radius 1 is 1.33 bits per heavy atom. The first-order chi connectivity index (χ1) is 11.3. The van der Waals surface area contributed by atoms with Crippen LogP contribution in [0.15, 0.2) is 12.3 Å². The number of nitrogens with one attached hydrogen (secondary N) is 1. The summed E-state index contributed by atoms with van der Waals surface area (Å²) < 4.78 is 44.6.